The molecule has 0 fully saturated rings. The number of hydrogen-bond acceptors (Lipinski definition) is 1. The van der Waals surface area contributed by atoms with Gasteiger partial charge in [-0.1, -0.05) is 189 Å². The first-order valence-corrected chi connectivity index (χ1v) is 22.2. The molecule has 0 aliphatic heterocycles. The molecule has 12 rings (SSSR count). The maximum atomic E-state index is 4.23. The summed E-state index contributed by atoms with van der Waals surface area (Å²) in [6, 6.07) is 80.0. The van der Waals surface area contributed by atoms with E-state index in [9.17, 15) is 0 Å². The molecule has 2 nitrogen and oxygen atoms in total. The molecule has 0 saturated heterocycles. The Bertz CT molecular complexity index is 3440. The lowest BCUT2D eigenvalue weighted by atomic mass is 9.70. The number of nitrogens with zero attached hydrogens (tertiary/aromatic N) is 2. The van der Waals surface area contributed by atoms with Crippen LogP contribution in [0.15, 0.2) is 249 Å². The summed E-state index contributed by atoms with van der Waals surface area (Å²) in [6.45, 7) is 6.39. The monoisotopic (exact) mass is 816 g/mol. The zero-order chi connectivity index (χ0) is 42.8. The van der Waals surface area contributed by atoms with E-state index in [0.717, 1.165) is 22.7 Å². The normalized spacial score (nSPS) is 16.1. The maximum absolute atomic E-state index is 4.23. The third kappa shape index (κ3) is 5.52. The first kappa shape index (κ1) is 37.6. The molecule has 302 valence electrons. The molecule has 0 saturated carbocycles. The predicted molar refractivity (Wildman–Crippen MR) is 270 cm³/mol. The van der Waals surface area contributed by atoms with E-state index in [4.69, 9.17) is 0 Å². The van der Waals surface area contributed by atoms with Gasteiger partial charge in [0, 0.05) is 33.4 Å². The van der Waals surface area contributed by atoms with Crippen molar-refractivity contribution in [2.75, 3.05) is 4.90 Å². The van der Waals surface area contributed by atoms with Crippen LogP contribution in [0.2, 0.25) is 0 Å². The Labute approximate surface area is 374 Å². The Kier molecular flexibility index (Phi) is 8.81. The lowest BCUT2D eigenvalue weighted by Gasteiger charge is -2.32. The quantitative estimate of drug-likeness (QED) is 0.156. The fourth-order valence-corrected chi connectivity index (χ4v) is 10.9. The van der Waals surface area contributed by atoms with Gasteiger partial charge in [-0.05, 0) is 123 Å². The minimum absolute atomic E-state index is 0.493. The summed E-state index contributed by atoms with van der Waals surface area (Å²) in [7, 11) is 0. The van der Waals surface area contributed by atoms with Gasteiger partial charge in [-0.15, -0.1) is 0 Å². The van der Waals surface area contributed by atoms with E-state index in [1.807, 2.05) is 6.08 Å². The van der Waals surface area contributed by atoms with Crippen molar-refractivity contribution >= 4 is 44.4 Å². The molecule has 2 aliphatic rings. The number of benzene rings is 9. The molecule has 64 heavy (non-hydrogen) atoms. The smallest absolute Gasteiger partial charge is 0.0726 e. The first-order valence-electron chi connectivity index (χ1n) is 22.2. The molecule has 1 unspecified atom stereocenters. The Morgan fingerprint density at radius 3 is 1.53 bits per heavy atom. The van der Waals surface area contributed by atoms with Gasteiger partial charge in [0.1, 0.15) is 0 Å². The molecule has 0 amide bonds. The molecule has 1 spiro atoms. The number of aromatic nitrogens is 1. The van der Waals surface area contributed by atoms with Crippen LogP contribution in [0.25, 0.3) is 66.4 Å². The fraction of sp³-hybridized carbons (Fsp3) is 0.0323. The van der Waals surface area contributed by atoms with E-state index in [1.54, 1.807) is 0 Å². The Morgan fingerprint density at radius 2 is 0.938 bits per heavy atom. The van der Waals surface area contributed by atoms with Crippen molar-refractivity contribution in [1.29, 1.82) is 0 Å². The molecule has 2 heteroatoms. The van der Waals surface area contributed by atoms with E-state index >= 15 is 0 Å². The summed E-state index contributed by atoms with van der Waals surface area (Å²) in [6.07, 6.45) is 6.47. The van der Waals surface area contributed by atoms with Crippen LogP contribution in [-0.4, -0.2) is 4.57 Å². The molecule has 9 aromatic carbocycles. The average Bonchev–Trinajstić information content (AvgIpc) is 3.97. The number of fused-ring (bicyclic) bond motifs is 10. The fourth-order valence-electron chi connectivity index (χ4n) is 10.9. The standard InChI is InChI=1S/C62H44N2/c1-3-17-54-49(4-2)50-20-8-12-24-55(50)62(54)56-25-13-9-23-53(56)61-57(62)26-16-29-60(61)63(46-36-30-43(31-37-46)42-18-6-5-7-19-42)47-38-32-44(33-39-47)45-34-40-48(41-35-45)64-58-27-14-10-21-51(58)52-22-11-15-28-59(52)64/h3-41H,1H2,2H3/b49-4-,54-17+. The SMILES string of the molecule is C=C/C=C1\C(=C/C)c2ccccc2C12c1ccccc1-c1c(N(c3ccc(-c4ccccc4)cc3)c3ccc(-c4ccc(-n5c6ccccc6c6ccccc65)cc4)cc3)cccc12. The Balaban J connectivity index is 1.01. The number of rotatable bonds is 7. The zero-order valence-electron chi connectivity index (χ0n) is 35.6. The van der Waals surface area contributed by atoms with Crippen LogP contribution in [0.1, 0.15) is 29.2 Å². The van der Waals surface area contributed by atoms with Gasteiger partial charge in [-0.25, -0.2) is 0 Å². The van der Waals surface area contributed by atoms with Gasteiger partial charge in [0.15, 0.2) is 0 Å². The van der Waals surface area contributed by atoms with Gasteiger partial charge in [0.05, 0.1) is 22.1 Å². The van der Waals surface area contributed by atoms with Gasteiger partial charge in [0.25, 0.3) is 0 Å². The van der Waals surface area contributed by atoms with E-state index in [-0.39, 0.29) is 0 Å². The van der Waals surface area contributed by atoms with Gasteiger partial charge in [-0.3, -0.25) is 0 Å². The molecule has 2 aliphatic carbocycles. The lowest BCUT2D eigenvalue weighted by Crippen LogP contribution is -2.26. The highest BCUT2D eigenvalue weighted by Crippen LogP contribution is 2.65. The summed E-state index contributed by atoms with van der Waals surface area (Å²) in [5, 5.41) is 2.54. The number of anilines is 3. The van der Waals surface area contributed by atoms with E-state index < -0.39 is 5.41 Å². The molecule has 1 heterocycles. The van der Waals surface area contributed by atoms with Crippen molar-refractivity contribution in [1.82, 2.24) is 4.57 Å². The molecule has 1 aromatic heterocycles. The van der Waals surface area contributed by atoms with Crippen LogP contribution in [-0.2, 0) is 5.41 Å². The van der Waals surface area contributed by atoms with Crippen molar-refractivity contribution in [3.8, 4) is 39.1 Å². The average molecular weight is 817 g/mol. The minimum Gasteiger partial charge on any atom is -0.310 e. The predicted octanol–water partition coefficient (Wildman–Crippen LogP) is 16.4. The zero-order valence-corrected chi connectivity index (χ0v) is 35.6. The third-order valence-electron chi connectivity index (χ3n) is 13.6. The van der Waals surface area contributed by atoms with Crippen LogP contribution < -0.4 is 4.90 Å². The minimum atomic E-state index is -0.493. The summed E-state index contributed by atoms with van der Waals surface area (Å²) in [5.74, 6) is 0. The molecular weight excluding hydrogens is 773 g/mol. The second-order valence-corrected chi connectivity index (χ2v) is 16.8. The number of hydrogen-bond donors (Lipinski definition) is 0. The summed E-state index contributed by atoms with van der Waals surface area (Å²) in [5.41, 5.74) is 21.3. The second-order valence-electron chi connectivity index (χ2n) is 16.8. The Morgan fingerprint density at radius 1 is 0.453 bits per heavy atom. The molecular formula is C62H44N2. The highest BCUT2D eigenvalue weighted by Gasteiger charge is 2.53. The van der Waals surface area contributed by atoms with Gasteiger partial charge < -0.3 is 9.47 Å². The molecule has 10 aromatic rings. The topological polar surface area (TPSA) is 8.17 Å². The van der Waals surface area contributed by atoms with E-state index in [2.05, 4.69) is 254 Å². The third-order valence-corrected chi connectivity index (χ3v) is 13.6. The number of allylic oxidation sites excluding steroid dienone is 5. The van der Waals surface area contributed by atoms with E-state index in [0.29, 0.717) is 0 Å². The molecule has 0 radical (unpaired) electrons. The molecule has 0 N–H and O–H groups in total. The van der Waals surface area contributed by atoms with Gasteiger partial charge in [0.2, 0.25) is 0 Å². The van der Waals surface area contributed by atoms with E-state index in [1.165, 1.54) is 88.6 Å². The van der Waals surface area contributed by atoms with Gasteiger partial charge >= 0.3 is 0 Å². The van der Waals surface area contributed by atoms with Crippen LogP contribution >= 0.6 is 0 Å². The lowest BCUT2D eigenvalue weighted by molar-refractivity contribution is 0.794. The van der Waals surface area contributed by atoms with Gasteiger partial charge in [-0.2, -0.15) is 0 Å². The Hall–Kier alpha value is -8.20. The highest BCUT2D eigenvalue weighted by molar-refractivity contribution is 6.09. The van der Waals surface area contributed by atoms with Crippen LogP contribution in [0.5, 0.6) is 0 Å². The van der Waals surface area contributed by atoms with Crippen molar-refractivity contribution in [3.05, 3.63) is 271 Å². The van der Waals surface area contributed by atoms with Crippen LogP contribution in [0.4, 0.5) is 17.1 Å². The second kappa shape index (κ2) is 15.0. The highest BCUT2D eigenvalue weighted by atomic mass is 15.1. The van der Waals surface area contributed by atoms with Crippen molar-refractivity contribution in [2.24, 2.45) is 0 Å². The number of para-hydroxylation sites is 2. The maximum Gasteiger partial charge on any atom is 0.0726 e. The molecule has 1 atom stereocenters. The van der Waals surface area contributed by atoms with Crippen molar-refractivity contribution in [2.45, 2.75) is 12.3 Å². The summed E-state index contributed by atoms with van der Waals surface area (Å²) >= 11 is 0. The van der Waals surface area contributed by atoms with Crippen LogP contribution in [0.3, 0.4) is 0 Å². The van der Waals surface area contributed by atoms with Crippen molar-refractivity contribution in [3.63, 3.8) is 0 Å². The van der Waals surface area contributed by atoms with Crippen molar-refractivity contribution < 1.29 is 0 Å². The first-order chi connectivity index (χ1) is 31.7. The summed E-state index contributed by atoms with van der Waals surface area (Å²) < 4.78 is 2.37. The largest absolute Gasteiger partial charge is 0.310 e. The molecule has 0 bridgehead atoms. The summed E-state index contributed by atoms with van der Waals surface area (Å²) in [4.78, 5) is 2.45. The van der Waals surface area contributed by atoms with Crippen LogP contribution in [0, 0.1) is 0 Å².